The van der Waals surface area contributed by atoms with Crippen LogP contribution in [0.25, 0.3) is 0 Å². The van der Waals surface area contributed by atoms with Gasteiger partial charge in [-0.1, -0.05) is 19.4 Å². The fourth-order valence-corrected chi connectivity index (χ4v) is 3.41. The second-order valence-corrected chi connectivity index (χ2v) is 8.98. The van der Waals surface area contributed by atoms with E-state index in [9.17, 15) is 18.0 Å². The highest BCUT2D eigenvalue weighted by atomic mass is 32.2. The number of aromatic amines is 1. The molecule has 10 heteroatoms. The zero-order valence-corrected chi connectivity index (χ0v) is 18.0. The average Bonchev–Trinajstić information content (AvgIpc) is 3.12. The van der Waals surface area contributed by atoms with Gasteiger partial charge in [0.05, 0.1) is 4.90 Å². The number of aryl methyl sites for hydroxylation is 2. The van der Waals surface area contributed by atoms with Gasteiger partial charge >= 0.3 is 5.97 Å². The van der Waals surface area contributed by atoms with Crippen LogP contribution in [0.15, 0.2) is 29.2 Å². The highest BCUT2D eigenvalue weighted by Crippen LogP contribution is 2.22. The van der Waals surface area contributed by atoms with E-state index in [4.69, 9.17) is 4.74 Å². The summed E-state index contributed by atoms with van der Waals surface area (Å²) in [5, 5.41) is 9.27. The first-order valence-corrected chi connectivity index (χ1v) is 10.6. The van der Waals surface area contributed by atoms with E-state index >= 15 is 0 Å². The maximum atomic E-state index is 12.5. The molecule has 0 saturated carbocycles. The monoisotopic (exact) mass is 422 g/mol. The minimum absolute atomic E-state index is 0.0491. The summed E-state index contributed by atoms with van der Waals surface area (Å²) < 4.78 is 30.9. The first-order chi connectivity index (χ1) is 13.6. The van der Waals surface area contributed by atoms with Crippen LogP contribution in [-0.4, -0.2) is 55.0 Å². The lowest BCUT2D eigenvalue weighted by Gasteiger charge is -2.16. The summed E-state index contributed by atoms with van der Waals surface area (Å²) in [7, 11) is -0.792. The Hall–Kier alpha value is -2.72. The molecule has 1 aromatic heterocycles. The molecule has 9 nitrogen and oxygen atoms in total. The molecule has 0 aliphatic heterocycles. The third-order valence-corrected chi connectivity index (χ3v) is 6.07. The van der Waals surface area contributed by atoms with E-state index < -0.39 is 28.0 Å². The smallest absolute Gasteiger partial charge is 0.359 e. The fourth-order valence-electron chi connectivity index (χ4n) is 2.48. The summed E-state index contributed by atoms with van der Waals surface area (Å²) in [4.78, 5) is 24.7. The third kappa shape index (κ3) is 5.42. The van der Waals surface area contributed by atoms with Crippen LogP contribution in [0, 0.1) is 6.92 Å². The van der Waals surface area contributed by atoms with Crippen LogP contribution >= 0.6 is 0 Å². The molecular formula is C19H26N4O5S. The van der Waals surface area contributed by atoms with Gasteiger partial charge in [0.2, 0.25) is 10.0 Å². The minimum atomic E-state index is -3.64. The molecule has 1 heterocycles. The molecule has 2 N–H and O–H groups in total. The van der Waals surface area contributed by atoms with Crippen molar-refractivity contribution in [3.8, 4) is 0 Å². The zero-order chi connectivity index (χ0) is 21.8. The number of rotatable bonds is 8. The normalized spacial score (nSPS) is 12.6. The molecule has 0 fully saturated rings. The van der Waals surface area contributed by atoms with Gasteiger partial charge in [-0.2, -0.15) is 5.10 Å². The number of anilines is 1. The van der Waals surface area contributed by atoms with Crippen LogP contribution in [-0.2, 0) is 26.0 Å². The third-order valence-electron chi connectivity index (χ3n) is 4.26. The molecule has 0 aliphatic rings. The summed E-state index contributed by atoms with van der Waals surface area (Å²) >= 11 is 0. The molecule has 29 heavy (non-hydrogen) atoms. The van der Waals surface area contributed by atoms with Gasteiger partial charge in [0.25, 0.3) is 5.91 Å². The van der Waals surface area contributed by atoms with Crippen molar-refractivity contribution in [2.75, 3.05) is 19.4 Å². The van der Waals surface area contributed by atoms with Gasteiger partial charge in [0.15, 0.2) is 11.8 Å². The van der Waals surface area contributed by atoms with E-state index in [1.54, 1.807) is 19.1 Å². The summed E-state index contributed by atoms with van der Waals surface area (Å²) in [6.07, 6.45) is 0.557. The Balaban J connectivity index is 2.10. The summed E-state index contributed by atoms with van der Waals surface area (Å²) in [5.41, 5.74) is 1.91. The second kappa shape index (κ2) is 9.19. The molecule has 0 aliphatic carbocycles. The molecule has 0 saturated heterocycles. The highest BCUT2D eigenvalue weighted by molar-refractivity contribution is 7.89. The van der Waals surface area contributed by atoms with Crippen molar-refractivity contribution < 1.29 is 22.7 Å². The lowest BCUT2D eigenvalue weighted by Crippen LogP contribution is -2.30. The Bertz CT molecular complexity index is 998. The van der Waals surface area contributed by atoms with Crippen molar-refractivity contribution in [2.45, 2.75) is 44.6 Å². The fraction of sp³-hybridized carbons (Fsp3) is 0.421. The first-order valence-electron chi connectivity index (χ1n) is 9.15. The van der Waals surface area contributed by atoms with Crippen LogP contribution < -0.4 is 5.32 Å². The number of nitrogens with one attached hydrogen (secondary N) is 2. The maximum Gasteiger partial charge on any atom is 0.359 e. The van der Waals surface area contributed by atoms with Crippen LogP contribution in [0.1, 0.15) is 42.0 Å². The van der Waals surface area contributed by atoms with Gasteiger partial charge in [0, 0.05) is 25.5 Å². The largest absolute Gasteiger partial charge is 0.448 e. The molecule has 158 valence electrons. The summed E-state index contributed by atoms with van der Waals surface area (Å²) in [6.45, 7) is 5.17. The van der Waals surface area contributed by atoms with Crippen molar-refractivity contribution in [1.29, 1.82) is 0 Å². The predicted octanol–water partition coefficient (Wildman–Crippen LogP) is 2.10. The van der Waals surface area contributed by atoms with Crippen LogP contribution in [0.3, 0.4) is 0 Å². The van der Waals surface area contributed by atoms with E-state index in [-0.39, 0.29) is 10.6 Å². The number of aromatic nitrogens is 2. The van der Waals surface area contributed by atoms with Crippen molar-refractivity contribution >= 4 is 27.6 Å². The Labute approximate surface area is 170 Å². The number of esters is 1. The highest BCUT2D eigenvalue weighted by Gasteiger charge is 2.23. The number of nitrogens with zero attached hydrogens (tertiary/aromatic N) is 2. The molecule has 1 atom stereocenters. The topological polar surface area (TPSA) is 121 Å². The van der Waals surface area contributed by atoms with E-state index in [2.05, 4.69) is 15.5 Å². The molecular weight excluding hydrogens is 396 g/mol. The summed E-state index contributed by atoms with van der Waals surface area (Å²) in [5.74, 6) is -1.29. The first kappa shape index (κ1) is 22.6. The van der Waals surface area contributed by atoms with E-state index in [1.165, 1.54) is 33.2 Å². The molecule has 1 amide bonds. The van der Waals surface area contributed by atoms with Crippen molar-refractivity contribution in [3.05, 3.63) is 41.2 Å². The number of amides is 1. The molecule has 1 aromatic carbocycles. The standard InChI is InChI=1S/C19H26N4O5S/c1-6-7-14-10-17(22-21-14)19(25)28-13(3)18(24)20-16-11-15(9-8-12(16)2)29(26,27)23(4)5/h8-11,13H,6-7H2,1-5H3,(H,20,24)(H,21,22)/t13-/m1/s1. The van der Waals surface area contributed by atoms with Gasteiger partial charge in [-0.3, -0.25) is 9.89 Å². The molecule has 2 aromatic rings. The van der Waals surface area contributed by atoms with E-state index in [1.807, 2.05) is 6.92 Å². The predicted molar refractivity (Wildman–Crippen MR) is 108 cm³/mol. The molecule has 0 bridgehead atoms. The molecule has 2 rings (SSSR count). The lowest BCUT2D eigenvalue weighted by atomic mass is 10.2. The number of carbonyl (C=O) groups excluding carboxylic acids is 2. The number of sulfonamides is 1. The van der Waals surface area contributed by atoms with Crippen LogP contribution in [0.4, 0.5) is 5.69 Å². The van der Waals surface area contributed by atoms with Crippen molar-refractivity contribution in [1.82, 2.24) is 14.5 Å². The Morgan fingerprint density at radius 1 is 1.28 bits per heavy atom. The van der Waals surface area contributed by atoms with E-state index in [0.717, 1.165) is 22.8 Å². The quantitative estimate of drug-likeness (QED) is 0.629. The molecule has 0 spiro atoms. The SMILES string of the molecule is CCCc1cc(C(=O)O[C@H](C)C(=O)Nc2cc(S(=O)(=O)N(C)C)ccc2C)n[nH]1. The lowest BCUT2D eigenvalue weighted by molar-refractivity contribution is -0.123. The number of ether oxygens (including phenoxy) is 1. The Morgan fingerprint density at radius 2 is 1.97 bits per heavy atom. The molecule has 0 radical (unpaired) electrons. The van der Waals surface area contributed by atoms with Gasteiger partial charge < -0.3 is 10.1 Å². The number of hydrogen-bond acceptors (Lipinski definition) is 6. The van der Waals surface area contributed by atoms with Crippen molar-refractivity contribution in [2.24, 2.45) is 0 Å². The number of benzene rings is 1. The van der Waals surface area contributed by atoms with Gasteiger partial charge in [-0.15, -0.1) is 0 Å². The number of hydrogen-bond donors (Lipinski definition) is 2. The number of H-pyrrole nitrogens is 1. The second-order valence-electron chi connectivity index (χ2n) is 6.83. The Kier molecular flexibility index (Phi) is 7.15. The minimum Gasteiger partial charge on any atom is -0.448 e. The van der Waals surface area contributed by atoms with Crippen molar-refractivity contribution in [3.63, 3.8) is 0 Å². The zero-order valence-electron chi connectivity index (χ0n) is 17.1. The van der Waals surface area contributed by atoms with Gasteiger partial charge in [0.1, 0.15) is 0 Å². The Morgan fingerprint density at radius 3 is 2.59 bits per heavy atom. The molecule has 0 unspecified atom stereocenters. The van der Waals surface area contributed by atoms with Gasteiger partial charge in [-0.25, -0.2) is 17.5 Å². The van der Waals surface area contributed by atoms with Crippen LogP contribution in [0.2, 0.25) is 0 Å². The van der Waals surface area contributed by atoms with Gasteiger partial charge in [-0.05, 0) is 44.0 Å². The maximum absolute atomic E-state index is 12.5. The van der Waals surface area contributed by atoms with E-state index in [0.29, 0.717) is 11.3 Å². The van der Waals surface area contributed by atoms with Crippen LogP contribution in [0.5, 0.6) is 0 Å². The average molecular weight is 423 g/mol. The number of carbonyl (C=O) groups is 2. The summed E-state index contributed by atoms with van der Waals surface area (Å²) in [6, 6.07) is 6.04.